The molecule has 0 aliphatic rings. The van der Waals surface area contributed by atoms with E-state index in [0.717, 1.165) is 0 Å². The standard InChI is InChI=1S/C11H19N5O2/c1-8(2)16-7-5-13-10(11(16)17)15(3)6-4-9(12)14-18/h5,7-8,18H,4,6H2,1-3H3,(H2,12,14). The largest absolute Gasteiger partial charge is 0.409 e. The molecule has 1 heterocycles. The Morgan fingerprint density at radius 2 is 2.33 bits per heavy atom. The average molecular weight is 253 g/mol. The smallest absolute Gasteiger partial charge is 0.293 e. The molecule has 0 spiro atoms. The van der Waals surface area contributed by atoms with Crippen molar-refractivity contribution in [2.24, 2.45) is 10.9 Å². The molecule has 0 aliphatic heterocycles. The van der Waals surface area contributed by atoms with Crippen LogP contribution in [0.1, 0.15) is 26.3 Å². The van der Waals surface area contributed by atoms with Crippen LogP contribution in [0.25, 0.3) is 0 Å². The number of nitrogens with zero attached hydrogens (tertiary/aromatic N) is 4. The molecule has 0 fully saturated rings. The normalized spacial score (nSPS) is 11.9. The topological polar surface area (TPSA) is 96.7 Å². The van der Waals surface area contributed by atoms with Crippen LogP contribution in [0.5, 0.6) is 0 Å². The lowest BCUT2D eigenvalue weighted by Crippen LogP contribution is -2.33. The number of nitrogens with two attached hydrogens (primary N) is 1. The van der Waals surface area contributed by atoms with Crippen LogP contribution >= 0.6 is 0 Å². The summed E-state index contributed by atoms with van der Waals surface area (Å²) in [4.78, 5) is 17.9. The summed E-state index contributed by atoms with van der Waals surface area (Å²) < 4.78 is 1.61. The number of hydrogen-bond donors (Lipinski definition) is 2. The number of hydrogen-bond acceptors (Lipinski definition) is 5. The molecular weight excluding hydrogens is 234 g/mol. The lowest BCUT2D eigenvalue weighted by molar-refractivity contribution is 0.317. The Kier molecular flexibility index (Phi) is 4.70. The van der Waals surface area contributed by atoms with E-state index in [1.807, 2.05) is 13.8 Å². The van der Waals surface area contributed by atoms with Gasteiger partial charge in [-0.25, -0.2) is 4.98 Å². The second kappa shape index (κ2) is 6.04. The molecule has 7 heteroatoms. The molecule has 3 N–H and O–H groups in total. The summed E-state index contributed by atoms with van der Waals surface area (Å²) in [6.07, 6.45) is 3.62. The van der Waals surface area contributed by atoms with Crippen LogP contribution < -0.4 is 16.2 Å². The predicted molar refractivity (Wildman–Crippen MR) is 70.2 cm³/mol. The molecule has 0 unspecified atom stereocenters. The molecule has 0 aliphatic carbocycles. The van der Waals surface area contributed by atoms with Gasteiger partial charge in [0.1, 0.15) is 5.84 Å². The van der Waals surface area contributed by atoms with E-state index in [-0.39, 0.29) is 17.4 Å². The van der Waals surface area contributed by atoms with Crippen molar-refractivity contribution in [1.82, 2.24) is 9.55 Å². The molecule has 1 aromatic heterocycles. The average Bonchev–Trinajstić information content (AvgIpc) is 2.35. The molecule has 1 rings (SSSR count). The van der Waals surface area contributed by atoms with Crippen molar-refractivity contribution in [3.05, 3.63) is 22.7 Å². The van der Waals surface area contributed by atoms with Crippen LogP contribution in [0, 0.1) is 0 Å². The minimum Gasteiger partial charge on any atom is -0.409 e. The van der Waals surface area contributed by atoms with Crippen molar-refractivity contribution in [1.29, 1.82) is 0 Å². The first-order chi connectivity index (χ1) is 8.47. The van der Waals surface area contributed by atoms with E-state index in [0.29, 0.717) is 18.8 Å². The van der Waals surface area contributed by atoms with Gasteiger partial charge in [0, 0.05) is 38.4 Å². The van der Waals surface area contributed by atoms with Gasteiger partial charge < -0.3 is 20.4 Å². The predicted octanol–water partition coefficient (Wildman–Crippen LogP) is 0.397. The summed E-state index contributed by atoms with van der Waals surface area (Å²) in [7, 11) is 1.75. The highest BCUT2D eigenvalue weighted by molar-refractivity contribution is 5.80. The lowest BCUT2D eigenvalue weighted by atomic mass is 10.3. The second-order valence-corrected chi connectivity index (χ2v) is 4.32. The third-order valence-corrected chi connectivity index (χ3v) is 2.60. The molecule has 0 saturated heterocycles. The van der Waals surface area contributed by atoms with Crippen molar-refractivity contribution in [2.45, 2.75) is 26.3 Å². The van der Waals surface area contributed by atoms with Crippen molar-refractivity contribution in [2.75, 3.05) is 18.5 Å². The van der Waals surface area contributed by atoms with Gasteiger partial charge in [-0.05, 0) is 13.8 Å². The fourth-order valence-electron chi connectivity index (χ4n) is 1.52. The van der Waals surface area contributed by atoms with Gasteiger partial charge in [-0.1, -0.05) is 5.16 Å². The zero-order chi connectivity index (χ0) is 13.7. The maximum atomic E-state index is 12.1. The van der Waals surface area contributed by atoms with Crippen LogP contribution in [0.3, 0.4) is 0 Å². The van der Waals surface area contributed by atoms with Crippen molar-refractivity contribution in [3.8, 4) is 0 Å². The fourth-order valence-corrected chi connectivity index (χ4v) is 1.52. The highest BCUT2D eigenvalue weighted by Crippen LogP contribution is 2.05. The number of rotatable bonds is 5. The van der Waals surface area contributed by atoms with Gasteiger partial charge in [0.05, 0.1) is 0 Å². The van der Waals surface area contributed by atoms with Crippen molar-refractivity contribution >= 4 is 11.7 Å². The van der Waals surface area contributed by atoms with Crippen LogP contribution in [0.4, 0.5) is 5.82 Å². The summed E-state index contributed by atoms with van der Waals surface area (Å²) in [6.45, 7) is 4.32. The highest BCUT2D eigenvalue weighted by Gasteiger charge is 2.11. The van der Waals surface area contributed by atoms with E-state index < -0.39 is 0 Å². The molecule has 7 nitrogen and oxygen atoms in total. The number of oxime groups is 1. The third-order valence-electron chi connectivity index (χ3n) is 2.60. The van der Waals surface area contributed by atoms with E-state index in [4.69, 9.17) is 10.9 Å². The van der Waals surface area contributed by atoms with E-state index in [1.165, 1.54) is 0 Å². The Bertz CT molecular complexity index is 481. The minimum atomic E-state index is -0.144. The van der Waals surface area contributed by atoms with Gasteiger partial charge in [-0.3, -0.25) is 4.79 Å². The first-order valence-corrected chi connectivity index (χ1v) is 5.72. The Hall–Kier alpha value is -2.05. The molecular formula is C11H19N5O2. The van der Waals surface area contributed by atoms with Gasteiger partial charge in [0.15, 0.2) is 5.82 Å². The molecule has 0 atom stereocenters. The first kappa shape index (κ1) is 14.0. The highest BCUT2D eigenvalue weighted by atomic mass is 16.4. The maximum Gasteiger partial charge on any atom is 0.293 e. The zero-order valence-electron chi connectivity index (χ0n) is 10.9. The SMILES string of the molecule is CC(C)n1ccnc(N(C)CCC(N)=NO)c1=O. The van der Waals surface area contributed by atoms with E-state index in [2.05, 4.69) is 10.1 Å². The van der Waals surface area contributed by atoms with Crippen LogP contribution in [0.15, 0.2) is 22.3 Å². The van der Waals surface area contributed by atoms with E-state index in [9.17, 15) is 4.79 Å². The molecule has 0 radical (unpaired) electrons. The van der Waals surface area contributed by atoms with Crippen molar-refractivity contribution in [3.63, 3.8) is 0 Å². The van der Waals surface area contributed by atoms with Crippen LogP contribution in [-0.4, -0.2) is 34.2 Å². The zero-order valence-corrected chi connectivity index (χ0v) is 10.9. The Morgan fingerprint density at radius 3 is 2.89 bits per heavy atom. The fraction of sp³-hybridized carbons (Fsp3) is 0.545. The lowest BCUT2D eigenvalue weighted by Gasteiger charge is -2.19. The third kappa shape index (κ3) is 3.22. The number of amidine groups is 1. The second-order valence-electron chi connectivity index (χ2n) is 4.32. The summed E-state index contributed by atoms with van der Waals surface area (Å²) in [5.41, 5.74) is 5.24. The van der Waals surface area contributed by atoms with Gasteiger partial charge in [-0.2, -0.15) is 0 Å². The van der Waals surface area contributed by atoms with Crippen LogP contribution in [-0.2, 0) is 0 Å². The molecule has 18 heavy (non-hydrogen) atoms. The van der Waals surface area contributed by atoms with Crippen molar-refractivity contribution < 1.29 is 5.21 Å². The Labute approximate surface area is 106 Å². The molecule has 0 saturated carbocycles. The number of anilines is 1. The Balaban J connectivity index is 2.90. The summed E-state index contributed by atoms with van der Waals surface area (Å²) >= 11 is 0. The minimum absolute atomic E-state index is 0.0803. The quantitative estimate of drug-likeness (QED) is 0.342. The molecule has 0 amide bonds. The van der Waals surface area contributed by atoms with E-state index >= 15 is 0 Å². The Morgan fingerprint density at radius 1 is 1.67 bits per heavy atom. The maximum absolute atomic E-state index is 12.1. The molecule has 0 bridgehead atoms. The summed E-state index contributed by atoms with van der Waals surface area (Å²) in [5, 5.41) is 11.3. The van der Waals surface area contributed by atoms with Gasteiger partial charge in [0.2, 0.25) is 0 Å². The monoisotopic (exact) mass is 253 g/mol. The van der Waals surface area contributed by atoms with Gasteiger partial charge in [-0.15, -0.1) is 0 Å². The molecule has 0 aromatic carbocycles. The number of aromatic nitrogens is 2. The summed E-state index contributed by atoms with van der Waals surface area (Å²) in [5.74, 6) is 0.485. The summed E-state index contributed by atoms with van der Waals surface area (Å²) in [6, 6.07) is 0.0803. The van der Waals surface area contributed by atoms with Gasteiger partial charge in [0.25, 0.3) is 5.56 Å². The van der Waals surface area contributed by atoms with E-state index in [1.54, 1.807) is 28.9 Å². The van der Waals surface area contributed by atoms with Crippen LogP contribution in [0.2, 0.25) is 0 Å². The van der Waals surface area contributed by atoms with Gasteiger partial charge >= 0.3 is 0 Å². The molecule has 1 aromatic rings. The first-order valence-electron chi connectivity index (χ1n) is 5.72. The molecule has 100 valence electrons.